The molecule has 1 atom stereocenters. The summed E-state index contributed by atoms with van der Waals surface area (Å²) < 4.78 is 32.8. The standard InChI is InChI=1S/C20H30ClN3O5S/c1-4-20(2,3)23-18(25)14-24(13-16-6-5-11-29-16)19(26)12-22-30(27,28)17-9-7-15(21)8-10-17/h7-10,16,22H,4-6,11-14H2,1-3H3,(H,23,25)/t16-/m0/s1. The summed E-state index contributed by atoms with van der Waals surface area (Å²) in [5, 5.41) is 3.31. The number of nitrogens with zero attached hydrogens (tertiary/aromatic N) is 1. The van der Waals surface area contributed by atoms with Gasteiger partial charge in [-0.2, -0.15) is 0 Å². The normalized spacial score (nSPS) is 17.0. The zero-order valence-electron chi connectivity index (χ0n) is 17.6. The number of sulfonamides is 1. The number of amides is 2. The largest absolute Gasteiger partial charge is 0.376 e. The molecule has 1 aliphatic heterocycles. The maximum atomic E-state index is 12.8. The van der Waals surface area contributed by atoms with Crippen molar-refractivity contribution in [3.63, 3.8) is 0 Å². The summed E-state index contributed by atoms with van der Waals surface area (Å²) in [5.74, 6) is -0.791. The zero-order chi connectivity index (χ0) is 22.4. The first-order valence-electron chi connectivity index (χ1n) is 9.98. The van der Waals surface area contributed by atoms with Gasteiger partial charge in [0.1, 0.15) is 0 Å². The summed E-state index contributed by atoms with van der Waals surface area (Å²) in [5.41, 5.74) is -0.397. The lowest BCUT2D eigenvalue weighted by molar-refractivity contribution is -0.137. The Morgan fingerprint density at radius 1 is 1.27 bits per heavy atom. The highest BCUT2D eigenvalue weighted by Gasteiger charge is 2.27. The van der Waals surface area contributed by atoms with E-state index < -0.39 is 28.0 Å². The Morgan fingerprint density at radius 2 is 1.93 bits per heavy atom. The third-order valence-corrected chi connectivity index (χ3v) is 6.70. The summed E-state index contributed by atoms with van der Waals surface area (Å²) in [6.45, 7) is 6.00. The van der Waals surface area contributed by atoms with Gasteiger partial charge in [-0.25, -0.2) is 13.1 Å². The first kappa shape index (κ1) is 24.6. The highest BCUT2D eigenvalue weighted by atomic mass is 35.5. The summed E-state index contributed by atoms with van der Waals surface area (Å²) in [6.07, 6.45) is 2.26. The molecule has 8 nitrogen and oxygen atoms in total. The minimum Gasteiger partial charge on any atom is -0.376 e. The molecule has 0 radical (unpaired) electrons. The molecule has 0 bridgehead atoms. The molecule has 1 aromatic carbocycles. The van der Waals surface area contributed by atoms with Crippen LogP contribution in [0.2, 0.25) is 5.02 Å². The topological polar surface area (TPSA) is 105 Å². The maximum Gasteiger partial charge on any atom is 0.241 e. The number of nitrogens with one attached hydrogen (secondary N) is 2. The lowest BCUT2D eigenvalue weighted by Crippen LogP contribution is -2.51. The van der Waals surface area contributed by atoms with Crippen LogP contribution in [0.3, 0.4) is 0 Å². The van der Waals surface area contributed by atoms with Crippen molar-refractivity contribution in [2.24, 2.45) is 0 Å². The molecule has 10 heteroatoms. The minimum absolute atomic E-state index is 0.00724. The highest BCUT2D eigenvalue weighted by molar-refractivity contribution is 7.89. The number of benzene rings is 1. The molecular weight excluding hydrogens is 430 g/mol. The minimum atomic E-state index is -3.88. The number of ether oxygens (including phenoxy) is 1. The molecule has 168 valence electrons. The molecule has 2 rings (SSSR count). The second-order valence-electron chi connectivity index (χ2n) is 7.97. The van der Waals surface area contributed by atoms with Gasteiger partial charge in [-0.15, -0.1) is 0 Å². The molecular formula is C20H30ClN3O5S. The van der Waals surface area contributed by atoms with Crippen LogP contribution in [-0.2, 0) is 24.3 Å². The van der Waals surface area contributed by atoms with E-state index in [0.717, 1.165) is 19.3 Å². The first-order valence-corrected chi connectivity index (χ1v) is 11.8. The lowest BCUT2D eigenvalue weighted by atomic mass is 10.0. The van der Waals surface area contributed by atoms with Crippen LogP contribution < -0.4 is 10.0 Å². The van der Waals surface area contributed by atoms with Crippen LogP contribution >= 0.6 is 11.6 Å². The van der Waals surface area contributed by atoms with Crippen LogP contribution in [0.25, 0.3) is 0 Å². The molecule has 1 heterocycles. The van der Waals surface area contributed by atoms with E-state index in [4.69, 9.17) is 16.3 Å². The van der Waals surface area contributed by atoms with Crippen molar-refractivity contribution in [2.75, 3.05) is 26.2 Å². The van der Waals surface area contributed by atoms with Gasteiger partial charge < -0.3 is 15.0 Å². The van der Waals surface area contributed by atoms with Crippen LogP contribution in [0.5, 0.6) is 0 Å². The molecule has 1 fully saturated rings. The van der Waals surface area contributed by atoms with Crippen molar-refractivity contribution in [1.82, 2.24) is 14.9 Å². The average molecular weight is 460 g/mol. The molecule has 1 aromatic rings. The van der Waals surface area contributed by atoms with Crippen LogP contribution in [0, 0.1) is 0 Å². The molecule has 0 unspecified atom stereocenters. The molecule has 0 saturated carbocycles. The molecule has 2 amide bonds. The van der Waals surface area contributed by atoms with Gasteiger partial charge in [0.05, 0.1) is 24.1 Å². The van der Waals surface area contributed by atoms with E-state index in [-0.39, 0.29) is 30.0 Å². The Balaban J connectivity index is 2.03. The van der Waals surface area contributed by atoms with Gasteiger partial charge in [0.15, 0.2) is 0 Å². The monoisotopic (exact) mass is 459 g/mol. The summed E-state index contributed by atoms with van der Waals surface area (Å²) >= 11 is 5.79. The number of halogens is 1. The molecule has 1 saturated heterocycles. The number of carbonyl (C=O) groups is 2. The maximum absolute atomic E-state index is 12.8. The number of rotatable bonds is 10. The van der Waals surface area contributed by atoms with Gasteiger partial charge in [0.25, 0.3) is 0 Å². The van der Waals surface area contributed by atoms with E-state index in [1.54, 1.807) is 0 Å². The smallest absolute Gasteiger partial charge is 0.241 e. The van der Waals surface area contributed by atoms with Crippen molar-refractivity contribution in [2.45, 2.75) is 56.6 Å². The number of carbonyl (C=O) groups excluding carboxylic acids is 2. The fourth-order valence-corrected chi connectivity index (χ4v) is 4.03. The van der Waals surface area contributed by atoms with E-state index in [1.807, 2.05) is 20.8 Å². The predicted molar refractivity (Wildman–Crippen MR) is 115 cm³/mol. The fraction of sp³-hybridized carbons (Fsp3) is 0.600. The van der Waals surface area contributed by atoms with Crippen LogP contribution in [-0.4, -0.2) is 63.0 Å². The Morgan fingerprint density at radius 3 is 2.50 bits per heavy atom. The van der Waals surface area contributed by atoms with Gasteiger partial charge in [-0.3, -0.25) is 9.59 Å². The Kier molecular flexibility index (Phi) is 8.66. The van der Waals surface area contributed by atoms with Crippen LogP contribution in [0.4, 0.5) is 0 Å². The van der Waals surface area contributed by atoms with E-state index >= 15 is 0 Å². The van der Waals surface area contributed by atoms with Crippen LogP contribution in [0.1, 0.15) is 40.0 Å². The fourth-order valence-electron chi connectivity index (χ4n) is 2.93. The molecule has 30 heavy (non-hydrogen) atoms. The van der Waals surface area contributed by atoms with Gasteiger partial charge in [-0.1, -0.05) is 18.5 Å². The third kappa shape index (κ3) is 7.54. The quantitative estimate of drug-likeness (QED) is 0.556. The van der Waals surface area contributed by atoms with Crippen molar-refractivity contribution >= 4 is 33.4 Å². The van der Waals surface area contributed by atoms with Crippen molar-refractivity contribution in [3.8, 4) is 0 Å². The molecule has 0 aliphatic carbocycles. The van der Waals surface area contributed by atoms with Crippen molar-refractivity contribution in [1.29, 1.82) is 0 Å². The number of hydrogen-bond acceptors (Lipinski definition) is 5. The second-order valence-corrected chi connectivity index (χ2v) is 10.2. The van der Waals surface area contributed by atoms with Gasteiger partial charge in [-0.05, 0) is 57.4 Å². The second kappa shape index (κ2) is 10.6. The lowest BCUT2D eigenvalue weighted by Gasteiger charge is -2.29. The molecule has 0 aromatic heterocycles. The van der Waals surface area contributed by atoms with Gasteiger partial charge >= 0.3 is 0 Å². The van der Waals surface area contributed by atoms with E-state index in [0.29, 0.717) is 11.6 Å². The Bertz CT molecular complexity index is 837. The SMILES string of the molecule is CCC(C)(C)NC(=O)CN(C[C@@H]1CCCO1)C(=O)CNS(=O)(=O)c1ccc(Cl)cc1. The van der Waals surface area contributed by atoms with Gasteiger partial charge in [0.2, 0.25) is 21.8 Å². The highest BCUT2D eigenvalue weighted by Crippen LogP contribution is 2.15. The van der Waals surface area contributed by atoms with E-state index in [1.165, 1.54) is 29.2 Å². The van der Waals surface area contributed by atoms with Gasteiger partial charge in [0, 0.05) is 23.7 Å². The van der Waals surface area contributed by atoms with E-state index in [2.05, 4.69) is 10.0 Å². The number of hydrogen-bond donors (Lipinski definition) is 2. The summed E-state index contributed by atoms with van der Waals surface area (Å²) in [7, 11) is -3.88. The molecule has 2 N–H and O–H groups in total. The Labute approximate surface area is 183 Å². The van der Waals surface area contributed by atoms with Crippen LogP contribution in [0.15, 0.2) is 29.2 Å². The third-order valence-electron chi connectivity index (χ3n) is 5.03. The van der Waals surface area contributed by atoms with Crippen molar-refractivity contribution < 1.29 is 22.7 Å². The molecule has 0 spiro atoms. The first-order chi connectivity index (χ1) is 14.0. The average Bonchev–Trinajstić information content (AvgIpc) is 3.18. The van der Waals surface area contributed by atoms with E-state index in [9.17, 15) is 18.0 Å². The predicted octanol–water partition coefficient (Wildman–Crippen LogP) is 1.93. The zero-order valence-corrected chi connectivity index (χ0v) is 19.2. The summed E-state index contributed by atoms with van der Waals surface area (Å²) in [6, 6.07) is 5.64. The van der Waals surface area contributed by atoms with Crippen molar-refractivity contribution in [3.05, 3.63) is 29.3 Å². The molecule has 1 aliphatic rings. The Hall–Kier alpha value is -1.68. The summed E-state index contributed by atoms with van der Waals surface area (Å²) in [4.78, 5) is 26.6.